The number of esters is 1. The molecular weight excluding hydrogens is 325 g/mol. The van der Waals surface area contributed by atoms with Crippen molar-refractivity contribution < 1.29 is 18.6 Å². The molecule has 0 heterocycles. The first-order valence-corrected chi connectivity index (χ1v) is 9.77. The van der Waals surface area contributed by atoms with Gasteiger partial charge in [-0.1, -0.05) is 18.2 Å². The molecule has 0 saturated carbocycles. The molecule has 136 valence electrons. The Morgan fingerprint density at radius 2 is 1.67 bits per heavy atom. The Morgan fingerprint density at radius 3 is 2.12 bits per heavy atom. The Bertz CT molecular complexity index is 587. The van der Waals surface area contributed by atoms with Gasteiger partial charge in [-0.25, -0.2) is 5.09 Å². The third-order valence-corrected chi connectivity index (χ3v) is 6.34. The lowest BCUT2D eigenvalue weighted by Gasteiger charge is -2.33. The van der Waals surface area contributed by atoms with Crippen LogP contribution in [0.25, 0.3) is 0 Å². The standard InChI is InChI=1S/C18H30NO4P/c1-14(13-22-16(20)17(2,3)4)19-24(21,18(5,6)7)23-15-11-9-8-10-12-15/h8-12,14H,13H2,1-7H3,(H,19,21)/t14-,24?/m0/s1. The first kappa shape index (κ1) is 20.7. The minimum Gasteiger partial charge on any atom is -0.464 e. The molecule has 0 saturated heterocycles. The van der Waals surface area contributed by atoms with Crippen molar-refractivity contribution in [3.8, 4) is 5.75 Å². The Labute approximate surface area is 145 Å². The third kappa shape index (κ3) is 5.95. The van der Waals surface area contributed by atoms with Gasteiger partial charge in [-0.05, 0) is 60.6 Å². The lowest BCUT2D eigenvalue weighted by Crippen LogP contribution is -2.38. The van der Waals surface area contributed by atoms with Gasteiger partial charge >= 0.3 is 13.5 Å². The van der Waals surface area contributed by atoms with Crippen molar-refractivity contribution in [1.82, 2.24) is 5.09 Å². The molecular formula is C18H30NO4P. The van der Waals surface area contributed by atoms with Crippen LogP contribution in [0.15, 0.2) is 30.3 Å². The number of ether oxygens (including phenoxy) is 1. The Morgan fingerprint density at radius 1 is 1.12 bits per heavy atom. The van der Waals surface area contributed by atoms with Crippen LogP contribution in [-0.4, -0.2) is 23.8 Å². The Hall–Kier alpha value is -1.32. The average Bonchev–Trinajstić information content (AvgIpc) is 2.43. The highest BCUT2D eigenvalue weighted by molar-refractivity contribution is 7.58. The molecule has 0 spiro atoms. The molecule has 0 aliphatic rings. The van der Waals surface area contributed by atoms with Crippen LogP contribution < -0.4 is 9.61 Å². The maximum absolute atomic E-state index is 13.4. The van der Waals surface area contributed by atoms with Crippen molar-refractivity contribution >= 4 is 13.5 Å². The van der Waals surface area contributed by atoms with Crippen LogP contribution in [0.5, 0.6) is 5.75 Å². The molecule has 0 aromatic heterocycles. The number of rotatable bonds is 6. The predicted octanol–water partition coefficient (Wildman–Crippen LogP) is 4.62. The van der Waals surface area contributed by atoms with Gasteiger partial charge in [-0.3, -0.25) is 9.36 Å². The van der Waals surface area contributed by atoms with Crippen LogP contribution in [0.1, 0.15) is 48.5 Å². The number of carbonyl (C=O) groups excluding carboxylic acids is 1. The SMILES string of the molecule is C[C@@H](COC(=O)C(C)(C)C)NP(=O)(Oc1ccccc1)C(C)(C)C. The molecule has 1 rings (SSSR count). The van der Waals surface area contributed by atoms with Crippen LogP contribution >= 0.6 is 7.52 Å². The number of benzene rings is 1. The summed E-state index contributed by atoms with van der Waals surface area (Å²) in [6.07, 6.45) is 0. The van der Waals surface area contributed by atoms with Crippen molar-refractivity contribution in [2.45, 2.75) is 59.7 Å². The van der Waals surface area contributed by atoms with Crippen LogP contribution in [-0.2, 0) is 14.1 Å². The molecule has 2 atom stereocenters. The van der Waals surface area contributed by atoms with E-state index in [-0.39, 0.29) is 18.6 Å². The zero-order valence-corrected chi connectivity index (χ0v) is 16.6. The highest BCUT2D eigenvalue weighted by atomic mass is 31.2. The summed E-state index contributed by atoms with van der Waals surface area (Å²) in [7, 11) is -3.22. The maximum Gasteiger partial charge on any atom is 0.322 e. The zero-order chi connectivity index (χ0) is 18.6. The van der Waals surface area contributed by atoms with Crippen molar-refractivity contribution in [3.05, 3.63) is 30.3 Å². The second kappa shape index (κ2) is 7.71. The molecule has 0 bridgehead atoms. The summed E-state index contributed by atoms with van der Waals surface area (Å²) in [4.78, 5) is 11.9. The fraction of sp³-hybridized carbons (Fsp3) is 0.611. The summed E-state index contributed by atoms with van der Waals surface area (Å²) >= 11 is 0. The summed E-state index contributed by atoms with van der Waals surface area (Å²) in [6, 6.07) is 8.77. The number of carbonyl (C=O) groups is 1. The van der Waals surface area contributed by atoms with E-state index < -0.39 is 18.1 Å². The van der Waals surface area contributed by atoms with Gasteiger partial charge in [0.1, 0.15) is 12.4 Å². The summed E-state index contributed by atoms with van der Waals surface area (Å²) in [5.74, 6) is 0.257. The molecule has 1 unspecified atom stereocenters. The van der Waals surface area contributed by atoms with E-state index in [0.29, 0.717) is 5.75 Å². The van der Waals surface area contributed by atoms with Crippen LogP contribution in [0.3, 0.4) is 0 Å². The lowest BCUT2D eigenvalue weighted by molar-refractivity contribution is -0.153. The van der Waals surface area contributed by atoms with E-state index in [1.165, 1.54) is 0 Å². The first-order valence-electron chi connectivity index (χ1n) is 8.15. The van der Waals surface area contributed by atoms with Crippen LogP contribution in [0.2, 0.25) is 0 Å². The molecule has 0 aliphatic heterocycles. The second-order valence-corrected chi connectivity index (χ2v) is 10.9. The van der Waals surface area contributed by atoms with Crippen LogP contribution in [0, 0.1) is 5.41 Å². The maximum atomic E-state index is 13.4. The van der Waals surface area contributed by atoms with E-state index in [1.54, 1.807) is 32.9 Å². The molecule has 0 amide bonds. The Balaban J connectivity index is 2.80. The summed E-state index contributed by atoms with van der Waals surface area (Å²) in [5.41, 5.74) is -0.562. The summed E-state index contributed by atoms with van der Waals surface area (Å²) in [6.45, 7) is 12.9. The van der Waals surface area contributed by atoms with Gasteiger partial charge < -0.3 is 9.26 Å². The van der Waals surface area contributed by atoms with Gasteiger partial charge in [0.25, 0.3) is 0 Å². The summed E-state index contributed by atoms with van der Waals surface area (Å²) < 4.78 is 24.5. The predicted molar refractivity (Wildman–Crippen MR) is 97.4 cm³/mol. The van der Waals surface area contributed by atoms with Crippen molar-refractivity contribution in [1.29, 1.82) is 0 Å². The molecule has 6 heteroatoms. The van der Waals surface area contributed by atoms with Crippen molar-refractivity contribution in [2.75, 3.05) is 6.61 Å². The summed E-state index contributed by atoms with van der Waals surface area (Å²) in [5, 5.41) is 2.44. The van der Waals surface area contributed by atoms with Gasteiger partial charge in [0.15, 0.2) is 0 Å². The molecule has 24 heavy (non-hydrogen) atoms. The molecule has 0 radical (unpaired) electrons. The number of hydrogen-bond acceptors (Lipinski definition) is 4. The van der Waals surface area contributed by atoms with E-state index in [2.05, 4.69) is 5.09 Å². The number of hydrogen-bond donors (Lipinski definition) is 1. The fourth-order valence-electron chi connectivity index (χ4n) is 1.73. The van der Waals surface area contributed by atoms with E-state index in [0.717, 1.165) is 0 Å². The largest absolute Gasteiger partial charge is 0.464 e. The van der Waals surface area contributed by atoms with Crippen molar-refractivity contribution in [2.24, 2.45) is 5.41 Å². The van der Waals surface area contributed by atoms with E-state index in [1.807, 2.05) is 45.9 Å². The first-order chi connectivity index (χ1) is 10.8. The lowest BCUT2D eigenvalue weighted by atomic mass is 9.97. The molecule has 0 aliphatic carbocycles. The van der Waals surface area contributed by atoms with Gasteiger partial charge in [-0.2, -0.15) is 0 Å². The number of nitrogens with one attached hydrogen (secondary N) is 1. The van der Waals surface area contributed by atoms with Gasteiger partial charge in [0.2, 0.25) is 0 Å². The smallest absolute Gasteiger partial charge is 0.322 e. The molecule has 1 aromatic rings. The third-order valence-electron chi connectivity index (χ3n) is 3.33. The minimum atomic E-state index is -3.22. The quantitative estimate of drug-likeness (QED) is 0.596. The Kier molecular flexibility index (Phi) is 6.66. The molecule has 5 nitrogen and oxygen atoms in total. The monoisotopic (exact) mass is 355 g/mol. The number of para-hydroxylation sites is 1. The highest BCUT2D eigenvalue weighted by Crippen LogP contribution is 2.55. The minimum absolute atomic E-state index is 0.133. The van der Waals surface area contributed by atoms with E-state index in [9.17, 15) is 9.36 Å². The van der Waals surface area contributed by atoms with Gasteiger partial charge in [0, 0.05) is 6.04 Å². The van der Waals surface area contributed by atoms with E-state index in [4.69, 9.17) is 9.26 Å². The van der Waals surface area contributed by atoms with E-state index >= 15 is 0 Å². The normalized spacial score (nSPS) is 16.1. The topological polar surface area (TPSA) is 64.6 Å². The highest BCUT2D eigenvalue weighted by Gasteiger charge is 2.40. The van der Waals surface area contributed by atoms with Gasteiger partial charge in [-0.15, -0.1) is 0 Å². The second-order valence-electron chi connectivity index (χ2n) is 8.01. The fourth-order valence-corrected chi connectivity index (χ4v) is 3.52. The van der Waals surface area contributed by atoms with Gasteiger partial charge in [0.05, 0.1) is 10.6 Å². The molecule has 1 aromatic carbocycles. The molecule has 1 N–H and O–H groups in total. The van der Waals surface area contributed by atoms with Crippen molar-refractivity contribution in [3.63, 3.8) is 0 Å². The van der Waals surface area contributed by atoms with Crippen LogP contribution in [0.4, 0.5) is 0 Å². The molecule has 0 fully saturated rings. The zero-order valence-electron chi connectivity index (χ0n) is 15.8. The average molecular weight is 355 g/mol.